The highest BCUT2D eigenvalue weighted by Gasteiger charge is 2.40. The molecule has 1 aliphatic carbocycles. The van der Waals surface area contributed by atoms with Gasteiger partial charge in [0.1, 0.15) is 5.82 Å². The van der Waals surface area contributed by atoms with E-state index in [0.717, 1.165) is 50.9 Å². The first-order valence-electron chi connectivity index (χ1n) is 17.7. The summed E-state index contributed by atoms with van der Waals surface area (Å²) in [4.78, 5) is 10.2. The Bertz CT molecular complexity index is 2730. The lowest BCUT2D eigenvalue weighted by atomic mass is 9.33. The Morgan fingerprint density at radius 2 is 1.35 bits per heavy atom. The molecule has 1 atom stereocenters. The van der Waals surface area contributed by atoms with Crippen LogP contribution in [0.15, 0.2) is 140 Å². The first kappa shape index (κ1) is 28.4. The van der Waals surface area contributed by atoms with Crippen molar-refractivity contribution in [1.29, 1.82) is 0 Å². The average molecular weight is 654 g/mol. The van der Waals surface area contributed by atoms with Gasteiger partial charge in [-0.05, 0) is 118 Å². The Labute approximate surface area is 296 Å². The predicted molar refractivity (Wildman–Crippen MR) is 211 cm³/mol. The van der Waals surface area contributed by atoms with E-state index in [4.69, 9.17) is 9.97 Å². The van der Waals surface area contributed by atoms with Gasteiger partial charge in [0.25, 0.3) is 6.71 Å². The highest BCUT2D eigenvalue weighted by molar-refractivity contribution is 7.00. The summed E-state index contributed by atoms with van der Waals surface area (Å²) in [6.07, 6.45) is 1.91. The van der Waals surface area contributed by atoms with E-state index >= 15 is 0 Å². The molecular weight excluding hydrogens is 621 g/mol. The van der Waals surface area contributed by atoms with E-state index in [1.807, 2.05) is 12.3 Å². The summed E-state index contributed by atoms with van der Waals surface area (Å²) in [5.41, 5.74) is 21.5. The van der Waals surface area contributed by atoms with Gasteiger partial charge in [-0.3, -0.25) is 9.55 Å². The van der Waals surface area contributed by atoms with Gasteiger partial charge in [0.2, 0.25) is 0 Å². The van der Waals surface area contributed by atoms with Crippen LogP contribution in [-0.2, 0) is 0 Å². The Morgan fingerprint density at radius 3 is 2.20 bits per heavy atom. The van der Waals surface area contributed by atoms with E-state index in [9.17, 15) is 0 Å². The second kappa shape index (κ2) is 10.6. The molecular formula is C45H32BN5. The smallest absolute Gasteiger partial charge is 0.252 e. The molecule has 2 N–H and O–H groups in total. The second-order valence-electron chi connectivity index (χ2n) is 14.1. The van der Waals surface area contributed by atoms with Crippen LogP contribution in [0.5, 0.6) is 0 Å². The van der Waals surface area contributed by atoms with Crippen LogP contribution in [0.4, 0.5) is 22.7 Å². The highest BCUT2D eigenvalue weighted by Crippen LogP contribution is 2.48. The van der Waals surface area contributed by atoms with Gasteiger partial charge in [-0.25, -0.2) is 4.98 Å². The van der Waals surface area contributed by atoms with E-state index in [1.54, 1.807) is 0 Å². The molecule has 2 aliphatic heterocycles. The third-order valence-electron chi connectivity index (χ3n) is 11.2. The molecule has 3 aliphatic rings. The van der Waals surface area contributed by atoms with Crippen LogP contribution >= 0.6 is 0 Å². The predicted octanol–water partition coefficient (Wildman–Crippen LogP) is 8.50. The Hall–Kier alpha value is -6.40. The number of imidazole rings is 1. The molecule has 0 bridgehead atoms. The largest absolute Gasteiger partial charge is 0.356 e. The molecule has 4 heterocycles. The zero-order valence-corrected chi connectivity index (χ0v) is 28.3. The van der Waals surface area contributed by atoms with Gasteiger partial charge < -0.3 is 10.6 Å². The number of aryl methyl sites for hydroxylation is 2. The number of fused-ring (bicyclic) bond motifs is 8. The van der Waals surface area contributed by atoms with Crippen molar-refractivity contribution in [3.8, 4) is 28.2 Å². The average Bonchev–Trinajstić information content (AvgIpc) is 3.70. The molecule has 0 spiro atoms. The fourth-order valence-electron chi connectivity index (χ4n) is 9.00. The van der Waals surface area contributed by atoms with Crippen molar-refractivity contribution in [1.82, 2.24) is 14.5 Å². The molecule has 6 heteroatoms. The van der Waals surface area contributed by atoms with E-state index in [2.05, 4.69) is 156 Å². The summed E-state index contributed by atoms with van der Waals surface area (Å²) in [7, 11) is 0. The zero-order valence-electron chi connectivity index (χ0n) is 28.3. The van der Waals surface area contributed by atoms with Crippen molar-refractivity contribution in [2.24, 2.45) is 0 Å². The number of benzene rings is 6. The molecule has 0 saturated heterocycles. The number of pyridine rings is 1. The van der Waals surface area contributed by atoms with Crippen molar-refractivity contribution in [3.63, 3.8) is 0 Å². The number of hydrogen-bond acceptors (Lipinski definition) is 4. The number of nitrogens with zero attached hydrogens (tertiary/aromatic N) is 3. The lowest BCUT2D eigenvalue weighted by Crippen LogP contribution is -2.59. The topological polar surface area (TPSA) is 54.8 Å². The number of anilines is 4. The second-order valence-corrected chi connectivity index (χ2v) is 14.1. The summed E-state index contributed by atoms with van der Waals surface area (Å²) >= 11 is 0. The molecule has 1 unspecified atom stereocenters. The van der Waals surface area contributed by atoms with Gasteiger partial charge >= 0.3 is 0 Å². The fourth-order valence-corrected chi connectivity index (χ4v) is 9.00. The number of hydrogen-bond donors (Lipinski definition) is 2. The number of para-hydroxylation sites is 3. The molecule has 51 heavy (non-hydrogen) atoms. The van der Waals surface area contributed by atoms with Gasteiger partial charge in [-0.2, -0.15) is 0 Å². The van der Waals surface area contributed by atoms with Crippen molar-refractivity contribution in [2.75, 3.05) is 10.6 Å². The maximum Gasteiger partial charge on any atom is 0.252 e. The fraction of sp³-hybridized carbons (Fsp3) is 0.0667. The standard InChI is InChI=1S/C45H32BN5/c1-26-11-9-12-27(2)44(26)51-41-19-6-5-15-36(41)50-45(51)28-20-21-35-33(23-28)46-34-24-32-31(25-40(34)49-39-18-10-17-38(48-35)43(39)46)29-13-3-4-14-30(29)42(32)37-16-7-8-22-47-37/h3-25,42,48-49H,1-2H3. The van der Waals surface area contributed by atoms with Crippen LogP contribution in [-0.4, -0.2) is 21.2 Å². The monoisotopic (exact) mass is 653 g/mol. The van der Waals surface area contributed by atoms with Crippen molar-refractivity contribution in [2.45, 2.75) is 19.8 Å². The summed E-state index contributed by atoms with van der Waals surface area (Å²) in [5.74, 6) is 1.02. The maximum atomic E-state index is 5.30. The molecule has 6 aromatic carbocycles. The Balaban J connectivity index is 1.15. The van der Waals surface area contributed by atoms with Crippen LogP contribution in [0.25, 0.3) is 39.2 Å². The summed E-state index contributed by atoms with van der Waals surface area (Å²) < 4.78 is 2.36. The number of aromatic nitrogens is 3. The molecule has 8 aromatic rings. The zero-order chi connectivity index (χ0) is 33.8. The molecule has 0 fully saturated rings. The minimum atomic E-state index is 0.0278. The third-order valence-corrected chi connectivity index (χ3v) is 11.2. The SMILES string of the molecule is Cc1cccc(C)c1-n1c(-c2ccc3c(c2)B2c4cc5c(cc4Nc4cccc(c42)N3)-c2ccccc2C5c2ccccn2)nc2ccccc21. The van der Waals surface area contributed by atoms with E-state index in [1.165, 1.54) is 55.5 Å². The van der Waals surface area contributed by atoms with Gasteiger partial charge in [0.05, 0.1) is 28.3 Å². The van der Waals surface area contributed by atoms with Crippen LogP contribution in [0, 0.1) is 13.8 Å². The minimum absolute atomic E-state index is 0.0278. The van der Waals surface area contributed by atoms with E-state index in [0.29, 0.717) is 0 Å². The highest BCUT2D eigenvalue weighted by atomic mass is 15.1. The van der Waals surface area contributed by atoms with Crippen LogP contribution in [0.1, 0.15) is 33.9 Å². The van der Waals surface area contributed by atoms with Gasteiger partial charge in [-0.1, -0.05) is 78.9 Å². The molecule has 5 nitrogen and oxygen atoms in total. The van der Waals surface area contributed by atoms with Crippen molar-refractivity contribution >= 4 is 56.9 Å². The molecule has 0 radical (unpaired) electrons. The van der Waals surface area contributed by atoms with Gasteiger partial charge in [-0.15, -0.1) is 0 Å². The maximum absolute atomic E-state index is 5.30. The summed E-state index contributed by atoms with van der Waals surface area (Å²) in [6.45, 7) is 4.41. The first-order chi connectivity index (χ1) is 25.1. The molecule has 11 rings (SSSR count). The van der Waals surface area contributed by atoms with E-state index in [-0.39, 0.29) is 12.6 Å². The lowest BCUT2D eigenvalue weighted by molar-refractivity contribution is 0.947. The first-order valence-corrected chi connectivity index (χ1v) is 17.7. The van der Waals surface area contributed by atoms with Crippen molar-refractivity contribution < 1.29 is 0 Å². The summed E-state index contributed by atoms with van der Waals surface area (Å²) in [5, 5.41) is 7.66. The summed E-state index contributed by atoms with van der Waals surface area (Å²) in [6, 6.07) is 48.3. The van der Waals surface area contributed by atoms with Crippen LogP contribution < -0.4 is 27.0 Å². The van der Waals surface area contributed by atoms with Crippen LogP contribution in [0.3, 0.4) is 0 Å². The van der Waals surface area contributed by atoms with Crippen molar-refractivity contribution in [3.05, 3.63) is 168 Å². The van der Waals surface area contributed by atoms with Crippen LogP contribution in [0.2, 0.25) is 0 Å². The Kier molecular flexibility index (Phi) is 5.89. The molecule has 2 aromatic heterocycles. The minimum Gasteiger partial charge on any atom is -0.356 e. The quantitative estimate of drug-likeness (QED) is 0.188. The van der Waals surface area contributed by atoms with Gasteiger partial charge in [0.15, 0.2) is 0 Å². The van der Waals surface area contributed by atoms with E-state index < -0.39 is 0 Å². The lowest BCUT2D eigenvalue weighted by Gasteiger charge is -2.35. The number of rotatable bonds is 3. The molecule has 240 valence electrons. The Morgan fingerprint density at radius 1 is 0.608 bits per heavy atom. The third kappa shape index (κ3) is 4.04. The molecule has 0 amide bonds. The molecule has 0 saturated carbocycles. The number of nitrogens with one attached hydrogen (secondary N) is 2. The normalized spacial score (nSPS) is 14.5. The van der Waals surface area contributed by atoms with Gasteiger partial charge in [0, 0.05) is 34.5 Å².